The van der Waals surface area contributed by atoms with Gasteiger partial charge in [-0.05, 0) is 30.1 Å². The van der Waals surface area contributed by atoms with Gasteiger partial charge in [0.2, 0.25) is 0 Å². The van der Waals surface area contributed by atoms with Gasteiger partial charge in [-0.15, -0.1) is 0 Å². The molecule has 0 amide bonds. The fourth-order valence-electron chi connectivity index (χ4n) is 5.26. The highest BCUT2D eigenvalue weighted by Crippen LogP contribution is 2.39. The number of ketones is 1. The molecule has 4 N–H and O–H groups in total. The summed E-state index contributed by atoms with van der Waals surface area (Å²) >= 11 is 0. The molecule has 4 aliphatic rings. The molecule has 1 aromatic carbocycles. The molecule has 10 heteroatoms. The molecule has 3 aliphatic carbocycles. The van der Waals surface area contributed by atoms with Crippen molar-refractivity contribution < 1.29 is 29.7 Å². The van der Waals surface area contributed by atoms with Crippen molar-refractivity contribution in [3.63, 3.8) is 0 Å². The summed E-state index contributed by atoms with van der Waals surface area (Å²) in [7, 11) is 0. The second-order valence-electron chi connectivity index (χ2n) is 9.44. The molecule has 0 radical (unpaired) electrons. The first kappa shape index (κ1) is 25.2. The molecule has 5 unspecified atom stereocenters. The van der Waals surface area contributed by atoms with E-state index >= 15 is 0 Å². The summed E-state index contributed by atoms with van der Waals surface area (Å²) in [6, 6.07) is 6.32. The van der Waals surface area contributed by atoms with Crippen LogP contribution >= 0.6 is 0 Å². The second-order valence-corrected chi connectivity index (χ2v) is 9.44. The van der Waals surface area contributed by atoms with Gasteiger partial charge in [-0.3, -0.25) is 4.79 Å². The lowest BCUT2D eigenvalue weighted by Gasteiger charge is -2.38. The number of aliphatic hydroxyl groups is 3. The fraction of sp³-hybridized carbons (Fsp3) is 0.407. The first-order valence-electron chi connectivity index (χ1n) is 12.3. The lowest BCUT2D eigenvalue weighted by Crippen LogP contribution is -2.54. The molecule has 0 aromatic heterocycles. The summed E-state index contributed by atoms with van der Waals surface area (Å²) in [5.74, 6) is -0.610. The minimum absolute atomic E-state index is 0.0118. The smallest absolute Gasteiger partial charge is 0.170 e. The van der Waals surface area contributed by atoms with Crippen LogP contribution in [0.3, 0.4) is 0 Å². The molecule has 1 saturated carbocycles. The zero-order valence-corrected chi connectivity index (χ0v) is 20.1. The molecule has 1 heterocycles. The molecule has 0 bridgehead atoms. The number of benzene rings is 1. The van der Waals surface area contributed by atoms with Gasteiger partial charge in [0, 0.05) is 30.2 Å². The maximum atomic E-state index is 13.0. The van der Waals surface area contributed by atoms with Crippen molar-refractivity contribution in [1.82, 2.24) is 0 Å². The van der Waals surface area contributed by atoms with Crippen molar-refractivity contribution in [1.29, 1.82) is 0 Å². The molecule has 10 nitrogen and oxygen atoms in total. The Morgan fingerprint density at radius 1 is 1.08 bits per heavy atom. The topological polar surface area (TPSA) is 150 Å². The van der Waals surface area contributed by atoms with E-state index in [1.807, 2.05) is 48.6 Å². The summed E-state index contributed by atoms with van der Waals surface area (Å²) in [5, 5.41) is 40.4. The Balaban J connectivity index is 1.32. The maximum absolute atomic E-state index is 13.0. The highest BCUT2D eigenvalue weighted by Gasteiger charge is 2.45. The Morgan fingerprint density at radius 2 is 1.89 bits per heavy atom. The monoisotopic (exact) mass is 507 g/mol. The Kier molecular flexibility index (Phi) is 7.43. The van der Waals surface area contributed by atoms with Gasteiger partial charge in [-0.2, -0.15) is 4.91 Å². The normalized spacial score (nSPS) is 31.8. The van der Waals surface area contributed by atoms with E-state index < -0.39 is 30.3 Å². The number of nitrogens with zero attached hydrogens (tertiary/aromatic N) is 2. The van der Waals surface area contributed by atoms with E-state index in [0.29, 0.717) is 23.4 Å². The molecular weight excluding hydrogens is 478 g/mol. The van der Waals surface area contributed by atoms with Crippen LogP contribution in [0.4, 0.5) is 5.69 Å². The molecule has 37 heavy (non-hydrogen) atoms. The minimum Gasteiger partial charge on any atom is -0.396 e. The van der Waals surface area contributed by atoms with Gasteiger partial charge in [0.15, 0.2) is 5.78 Å². The number of oxime groups is 1. The van der Waals surface area contributed by atoms with Crippen LogP contribution in [0.5, 0.6) is 0 Å². The van der Waals surface area contributed by atoms with Crippen LogP contribution in [-0.4, -0.2) is 71.0 Å². The number of allylic oxidation sites excluding steroid dienone is 8. The first-order chi connectivity index (χ1) is 18.0. The standard InChI is InChI=1S/C27H29N3O7/c31-14-16-13-21(27(34)25(29-35)26(16)33)36-10-11-37-30-23-18-8-4-5-9-19(18)28-24(23)22-17-7-3-1-2-6-15(17)12-20(22)32/h2-9,16,21,25-28,31,33-34H,1,10-14H2/b24-22-,30-23+. The number of hydrogen-bond acceptors (Lipinski definition) is 10. The maximum Gasteiger partial charge on any atom is 0.170 e. The van der Waals surface area contributed by atoms with Crippen LogP contribution < -0.4 is 5.32 Å². The molecule has 1 fully saturated rings. The molecule has 5 rings (SSSR count). The van der Waals surface area contributed by atoms with Gasteiger partial charge < -0.3 is 30.2 Å². The fourth-order valence-corrected chi connectivity index (χ4v) is 5.26. The van der Waals surface area contributed by atoms with Crippen molar-refractivity contribution in [2.45, 2.75) is 43.6 Å². The molecular formula is C27H29N3O7. The summed E-state index contributed by atoms with van der Waals surface area (Å²) < 4.78 is 5.70. The van der Waals surface area contributed by atoms with Crippen molar-refractivity contribution >= 4 is 17.2 Å². The van der Waals surface area contributed by atoms with Gasteiger partial charge >= 0.3 is 0 Å². The zero-order valence-electron chi connectivity index (χ0n) is 20.1. The number of hydrogen-bond donors (Lipinski definition) is 4. The average Bonchev–Trinajstić information content (AvgIpc) is 3.31. The largest absolute Gasteiger partial charge is 0.396 e. The third-order valence-corrected chi connectivity index (χ3v) is 7.17. The predicted octanol–water partition coefficient (Wildman–Crippen LogP) is 2.13. The van der Waals surface area contributed by atoms with E-state index in [4.69, 9.17) is 9.57 Å². The van der Waals surface area contributed by atoms with Gasteiger partial charge in [0.25, 0.3) is 0 Å². The molecule has 0 saturated heterocycles. The number of nitroso groups, excluding NO2 is 1. The van der Waals surface area contributed by atoms with E-state index in [1.165, 1.54) is 0 Å². The van der Waals surface area contributed by atoms with Crippen LogP contribution in [0.25, 0.3) is 0 Å². The van der Waals surface area contributed by atoms with E-state index in [9.17, 15) is 25.0 Å². The molecule has 0 spiro atoms. The molecule has 1 aliphatic heterocycles. The number of aliphatic hydroxyl groups excluding tert-OH is 3. The predicted molar refractivity (Wildman–Crippen MR) is 136 cm³/mol. The van der Waals surface area contributed by atoms with Gasteiger partial charge in [-0.1, -0.05) is 52.8 Å². The highest BCUT2D eigenvalue weighted by molar-refractivity contribution is 6.26. The number of para-hydroxylation sites is 1. The first-order valence-corrected chi connectivity index (χ1v) is 12.3. The summed E-state index contributed by atoms with van der Waals surface area (Å²) in [5.41, 5.74) is 5.19. The van der Waals surface area contributed by atoms with E-state index in [2.05, 4.69) is 15.6 Å². The van der Waals surface area contributed by atoms with Crippen molar-refractivity contribution in [3.8, 4) is 0 Å². The number of Topliss-reactive ketones (excluding diaryl/α,β-unsaturated/α-hetero) is 1. The van der Waals surface area contributed by atoms with Crippen molar-refractivity contribution in [2.24, 2.45) is 16.3 Å². The third kappa shape index (κ3) is 4.80. The Morgan fingerprint density at radius 3 is 2.70 bits per heavy atom. The molecule has 5 atom stereocenters. The number of carbonyl (C=O) groups is 1. The van der Waals surface area contributed by atoms with Gasteiger partial charge in [-0.25, -0.2) is 0 Å². The van der Waals surface area contributed by atoms with Crippen LogP contribution in [-0.2, 0) is 14.4 Å². The average molecular weight is 508 g/mol. The van der Waals surface area contributed by atoms with Gasteiger partial charge in [0.1, 0.15) is 24.5 Å². The summed E-state index contributed by atoms with van der Waals surface area (Å²) in [4.78, 5) is 29.7. The lowest BCUT2D eigenvalue weighted by atomic mass is 9.80. The van der Waals surface area contributed by atoms with Crippen LogP contribution in [0, 0.1) is 10.8 Å². The van der Waals surface area contributed by atoms with E-state index in [-0.39, 0.29) is 32.0 Å². The second kappa shape index (κ2) is 10.9. The number of nitrogens with one attached hydrogen (secondary N) is 1. The number of carbonyl (C=O) groups excluding carboxylic acids is 1. The van der Waals surface area contributed by atoms with Crippen LogP contribution in [0.1, 0.15) is 24.8 Å². The van der Waals surface area contributed by atoms with E-state index in [1.54, 1.807) is 0 Å². The Hall–Kier alpha value is -3.44. The van der Waals surface area contributed by atoms with Crippen LogP contribution in [0.15, 0.2) is 81.3 Å². The third-order valence-electron chi connectivity index (χ3n) is 7.17. The zero-order chi connectivity index (χ0) is 25.9. The summed E-state index contributed by atoms with van der Waals surface area (Å²) in [6.07, 6.45) is 6.04. The summed E-state index contributed by atoms with van der Waals surface area (Å²) in [6.45, 7) is -0.274. The lowest BCUT2D eigenvalue weighted by molar-refractivity contribution is -0.131. The van der Waals surface area contributed by atoms with Crippen molar-refractivity contribution in [3.05, 3.63) is 81.5 Å². The SMILES string of the molecule is O=NC1C(O)C(CO)CC(OCCO/N=C2/C(=C3/C(=O)CC4=C3C=CCC=C4)Nc3ccccc32)C1O. The Bertz CT molecular complexity index is 1230. The number of ether oxygens (including phenoxy) is 1. The Labute approximate surface area is 213 Å². The molecule has 194 valence electrons. The van der Waals surface area contributed by atoms with Crippen molar-refractivity contribution in [2.75, 3.05) is 25.1 Å². The molecule has 1 aromatic rings. The number of anilines is 1. The highest BCUT2D eigenvalue weighted by atomic mass is 16.6. The number of rotatable bonds is 7. The number of fused-ring (bicyclic) bond motifs is 1. The quantitative estimate of drug-likeness (QED) is 0.190. The van der Waals surface area contributed by atoms with E-state index in [0.717, 1.165) is 28.8 Å². The van der Waals surface area contributed by atoms with Gasteiger partial charge in [0.05, 0.1) is 30.1 Å². The minimum atomic E-state index is -1.29. The van der Waals surface area contributed by atoms with Crippen LogP contribution in [0.2, 0.25) is 0 Å².